The van der Waals surface area contributed by atoms with Gasteiger partial charge in [0, 0.05) is 25.8 Å². The largest absolute Gasteiger partial charge is 0.465 e. The number of imidazole rings is 1. The van der Waals surface area contributed by atoms with Crippen LogP contribution in [-0.2, 0) is 16.0 Å². The summed E-state index contributed by atoms with van der Waals surface area (Å²) < 4.78 is 11.7. The van der Waals surface area contributed by atoms with Crippen LogP contribution in [-0.4, -0.2) is 42.3 Å². The van der Waals surface area contributed by atoms with E-state index in [9.17, 15) is 9.59 Å². The highest BCUT2D eigenvalue weighted by Crippen LogP contribution is 2.23. The number of anilines is 1. The lowest BCUT2D eigenvalue weighted by molar-refractivity contribution is 0.0600. The smallest absolute Gasteiger partial charge is 0.337 e. The fraction of sp³-hybridized carbons (Fsp3) is 0.238. The number of fused-ring (bicyclic) bond motifs is 1. The lowest BCUT2D eigenvalue weighted by Gasteiger charge is -2.10. The van der Waals surface area contributed by atoms with Crippen molar-refractivity contribution in [3.63, 3.8) is 0 Å². The third-order valence-corrected chi connectivity index (χ3v) is 4.38. The van der Waals surface area contributed by atoms with Crippen LogP contribution in [0.5, 0.6) is 0 Å². The number of ether oxygens (including phenoxy) is 2. The fourth-order valence-electron chi connectivity index (χ4n) is 2.97. The molecule has 0 atom stereocenters. The Morgan fingerprint density at radius 2 is 2.00 bits per heavy atom. The first kappa shape index (κ1) is 20.0. The summed E-state index contributed by atoms with van der Waals surface area (Å²) >= 11 is 0. The predicted octanol–water partition coefficient (Wildman–Crippen LogP) is 2.98. The van der Waals surface area contributed by atoms with Crippen molar-refractivity contribution in [3.8, 4) is 6.07 Å². The van der Waals surface area contributed by atoms with E-state index in [1.54, 1.807) is 43.5 Å². The Hall–Kier alpha value is -3.70. The van der Waals surface area contributed by atoms with Gasteiger partial charge in [-0.3, -0.25) is 10.1 Å². The van der Waals surface area contributed by atoms with Gasteiger partial charge >= 0.3 is 5.97 Å². The first-order valence-corrected chi connectivity index (χ1v) is 8.96. The second-order valence-corrected chi connectivity index (χ2v) is 6.28. The lowest BCUT2D eigenvalue weighted by Crippen LogP contribution is -2.16. The van der Waals surface area contributed by atoms with Crippen LogP contribution in [0, 0.1) is 11.3 Å². The molecular weight excluding hydrogens is 372 g/mol. The summed E-state index contributed by atoms with van der Waals surface area (Å²) in [5.74, 6) is -0.483. The average molecular weight is 392 g/mol. The van der Waals surface area contributed by atoms with Crippen molar-refractivity contribution in [1.82, 2.24) is 9.55 Å². The van der Waals surface area contributed by atoms with Gasteiger partial charge in [0.05, 0.1) is 35.3 Å². The molecule has 3 rings (SSSR count). The van der Waals surface area contributed by atoms with Crippen LogP contribution in [0.1, 0.15) is 32.7 Å². The van der Waals surface area contributed by atoms with Crippen LogP contribution in [0.15, 0.2) is 42.5 Å². The molecular formula is C21H20N4O4. The van der Waals surface area contributed by atoms with Crippen molar-refractivity contribution in [2.75, 3.05) is 26.1 Å². The summed E-state index contributed by atoms with van der Waals surface area (Å²) in [6.07, 6.45) is 0.716. The molecule has 0 aliphatic heterocycles. The number of aromatic nitrogens is 2. The zero-order chi connectivity index (χ0) is 20.8. The average Bonchev–Trinajstić information content (AvgIpc) is 3.09. The Morgan fingerprint density at radius 1 is 1.17 bits per heavy atom. The molecule has 3 aromatic rings. The molecule has 2 aromatic carbocycles. The molecule has 148 valence electrons. The molecule has 0 fully saturated rings. The number of esters is 1. The number of nitrogens with zero attached hydrogens (tertiary/aromatic N) is 3. The summed E-state index contributed by atoms with van der Waals surface area (Å²) in [4.78, 5) is 29.0. The number of benzene rings is 2. The normalized spacial score (nSPS) is 10.5. The molecule has 0 aliphatic carbocycles. The maximum Gasteiger partial charge on any atom is 0.337 e. The highest BCUT2D eigenvalue weighted by atomic mass is 16.5. The van der Waals surface area contributed by atoms with E-state index >= 15 is 0 Å². The zero-order valence-corrected chi connectivity index (χ0v) is 16.1. The minimum absolute atomic E-state index is 0.352. The van der Waals surface area contributed by atoms with E-state index in [-0.39, 0.29) is 5.91 Å². The molecule has 8 nitrogen and oxygen atoms in total. The van der Waals surface area contributed by atoms with Gasteiger partial charge in [0.25, 0.3) is 5.91 Å². The Morgan fingerprint density at radius 3 is 2.72 bits per heavy atom. The number of methoxy groups -OCH3 is 2. The van der Waals surface area contributed by atoms with Gasteiger partial charge < -0.3 is 14.0 Å². The molecule has 0 spiro atoms. The molecule has 0 saturated heterocycles. The SMILES string of the molecule is COCCCn1c(NC(=O)c2cccc(C#N)c2)nc2cc(C(=O)OC)ccc21. The minimum atomic E-state index is -0.459. The lowest BCUT2D eigenvalue weighted by atomic mass is 10.1. The van der Waals surface area contributed by atoms with Crippen molar-refractivity contribution in [2.45, 2.75) is 13.0 Å². The number of carbonyl (C=O) groups is 2. The Bertz CT molecular complexity index is 1100. The molecule has 1 heterocycles. The van der Waals surface area contributed by atoms with Crippen LogP contribution in [0.25, 0.3) is 11.0 Å². The monoisotopic (exact) mass is 392 g/mol. The van der Waals surface area contributed by atoms with E-state index in [1.165, 1.54) is 13.2 Å². The number of amides is 1. The molecule has 1 aromatic heterocycles. The second kappa shape index (κ2) is 8.99. The number of rotatable bonds is 7. The van der Waals surface area contributed by atoms with Gasteiger partial charge in [-0.25, -0.2) is 9.78 Å². The molecule has 1 amide bonds. The number of hydrogen-bond acceptors (Lipinski definition) is 6. The van der Waals surface area contributed by atoms with E-state index in [2.05, 4.69) is 10.3 Å². The van der Waals surface area contributed by atoms with E-state index < -0.39 is 5.97 Å². The van der Waals surface area contributed by atoms with E-state index in [0.717, 1.165) is 5.52 Å². The van der Waals surface area contributed by atoms with E-state index in [1.807, 2.05) is 10.6 Å². The van der Waals surface area contributed by atoms with Crippen LogP contribution in [0.2, 0.25) is 0 Å². The quantitative estimate of drug-likeness (QED) is 0.489. The molecule has 1 N–H and O–H groups in total. The predicted molar refractivity (Wildman–Crippen MR) is 107 cm³/mol. The molecule has 8 heteroatoms. The van der Waals surface area contributed by atoms with Crippen molar-refractivity contribution in [1.29, 1.82) is 5.26 Å². The van der Waals surface area contributed by atoms with Crippen molar-refractivity contribution in [2.24, 2.45) is 0 Å². The van der Waals surface area contributed by atoms with Gasteiger partial charge in [0.15, 0.2) is 0 Å². The molecule has 0 aliphatic rings. The molecule has 0 bridgehead atoms. The van der Waals surface area contributed by atoms with Gasteiger partial charge in [-0.2, -0.15) is 5.26 Å². The maximum atomic E-state index is 12.7. The third kappa shape index (κ3) is 4.42. The number of hydrogen-bond donors (Lipinski definition) is 1. The summed E-state index contributed by atoms with van der Waals surface area (Å²) in [6, 6.07) is 13.5. The standard InChI is InChI=1S/C21H20N4O4/c1-28-10-4-9-25-18-8-7-16(20(27)29-2)12-17(18)23-21(25)24-19(26)15-6-3-5-14(11-15)13-22/h3,5-8,11-12H,4,9-10H2,1-2H3,(H,23,24,26). The van der Waals surface area contributed by atoms with Gasteiger partial charge in [0.1, 0.15) is 0 Å². The van der Waals surface area contributed by atoms with Crippen molar-refractivity contribution >= 4 is 28.9 Å². The first-order chi connectivity index (χ1) is 14.1. The second-order valence-electron chi connectivity index (χ2n) is 6.28. The first-order valence-electron chi connectivity index (χ1n) is 8.96. The number of aryl methyl sites for hydroxylation is 1. The van der Waals surface area contributed by atoms with Gasteiger partial charge in [-0.1, -0.05) is 6.07 Å². The molecule has 0 radical (unpaired) electrons. The van der Waals surface area contributed by atoms with Crippen LogP contribution in [0.4, 0.5) is 5.95 Å². The molecule has 0 saturated carbocycles. The molecule has 29 heavy (non-hydrogen) atoms. The van der Waals surface area contributed by atoms with Gasteiger partial charge in [-0.05, 0) is 42.8 Å². The van der Waals surface area contributed by atoms with Crippen molar-refractivity contribution < 1.29 is 19.1 Å². The van der Waals surface area contributed by atoms with Crippen LogP contribution < -0.4 is 5.32 Å². The van der Waals surface area contributed by atoms with Crippen LogP contribution >= 0.6 is 0 Å². The fourth-order valence-corrected chi connectivity index (χ4v) is 2.97. The van der Waals surface area contributed by atoms with Gasteiger partial charge in [-0.15, -0.1) is 0 Å². The number of carbonyl (C=O) groups excluding carboxylic acids is 2. The van der Waals surface area contributed by atoms with Gasteiger partial charge in [0.2, 0.25) is 5.95 Å². The Labute approximate surface area is 167 Å². The molecule has 0 unspecified atom stereocenters. The Balaban J connectivity index is 1.97. The zero-order valence-electron chi connectivity index (χ0n) is 16.1. The van der Waals surface area contributed by atoms with Crippen LogP contribution in [0.3, 0.4) is 0 Å². The number of nitrogens with one attached hydrogen (secondary N) is 1. The maximum absolute atomic E-state index is 12.7. The highest BCUT2D eigenvalue weighted by Gasteiger charge is 2.16. The van der Waals surface area contributed by atoms with E-state index in [0.29, 0.717) is 47.7 Å². The number of nitriles is 1. The third-order valence-electron chi connectivity index (χ3n) is 4.38. The van der Waals surface area contributed by atoms with E-state index in [4.69, 9.17) is 14.7 Å². The summed E-state index contributed by atoms with van der Waals surface area (Å²) in [5.41, 5.74) is 2.46. The Kier molecular flexibility index (Phi) is 6.22. The summed E-state index contributed by atoms with van der Waals surface area (Å²) in [7, 11) is 2.94. The van der Waals surface area contributed by atoms with Crippen molar-refractivity contribution in [3.05, 3.63) is 59.2 Å². The minimum Gasteiger partial charge on any atom is -0.465 e. The summed E-state index contributed by atoms with van der Waals surface area (Å²) in [6.45, 7) is 1.12. The topological polar surface area (TPSA) is 106 Å². The highest BCUT2D eigenvalue weighted by molar-refractivity contribution is 6.04. The summed E-state index contributed by atoms with van der Waals surface area (Å²) in [5, 5.41) is 11.8.